The molecular formula is C17H37NaO5S. The summed E-state index contributed by atoms with van der Waals surface area (Å²) >= 11 is 0. The Kier molecular flexibility index (Phi) is 18.1. The van der Waals surface area contributed by atoms with Gasteiger partial charge in [-0.25, -0.2) is 0 Å². The molecule has 0 heterocycles. The molecule has 0 saturated heterocycles. The van der Waals surface area contributed by atoms with E-state index >= 15 is 0 Å². The van der Waals surface area contributed by atoms with Crippen molar-refractivity contribution in [2.24, 2.45) is 0 Å². The van der Waals surface area contributed by atoms with Gasteiger partial charge in [0, 0.05) is 0 Å². The average Bonchev–Trinajstić information content (AvgIpc) is 2.44. The Bertz CT molecular complexity index is 363. The standard InChI is InChI=1S/C17H36O5S.Na.H/c1-4-6-8-10-12-14-21-17(3,16-23(18,19)20)22-15-13-11-9-7-5-2;;/h4-16H2,1-3H3,(H,18,19,20);;/q;+1;-1. The molecule has 0 spiro atoms. The van der Waals surface area contributed by atoms with Crippen LogP contribution in [0.25, 0.3) is 0 Å². The van der Waals surface area contributed by atoms with Crippen LogP contribution in [0, 0.1) is 0 Å². The van der Waals surface area contributed by atoms with Gasteiger partial charge in [-0.15, -0.1) is 0 Å². The van der Waals surface area contributed by atoms with Crippen molar-refractivity contribution < 1.29 is 53.4 Å². The molecule has 7 heteroatoms. The minimum atomic E-state index is -4.13. The van der Waals surface area contributed by atoms with Crippen molar-refractivity contribution in [3.63, 3.8) is 0 Å². The van der Waals surface area contributed by atoms with E-state index in [1.165, 1.54) is 25.7 Å². The van der Waals surface area contributed by atoms with E-state index in [0.717, 1.165) is 38.5 Å². The zero-order valence-corrected chi connectivity index (χ0v) is 19.0. The zero-order chi connectivity index (χ0) is 17.6. The SMILES string of the molecule is CCCCCCCOC(C)(CS(=O)(=O)O)OCCCCCCC.[H-].[Na+]. The fraction of sp³-hybridized carbons (Fsp3) is 1.00. The van der Waals surface area contributed by atoms with E-state index in [1.54, 1.807) is 6.92 Å². The Balaban J connectivity index is -0.00000242. The molecule has 0 atom stereocenters. The van der Waals surface area contributed by atoms with Crippen molar-refractivity contribution in [2.75, 3.05) is 19.0 Å². The summed E-state index contributed by atoms with van der Waals surface area (Å²) in [5.41, 5.74) is 0. The predicted molar refractivity (Wildman–Crippen MR) is 95.4 cm³/mol. The van der Waals surface area contributed by atoms with Gasteiger partial charge in [-0.2, -0.15) is 8.42 Å². The molecule has 5 nitrogen and oxygen atoms in total. The largest absolute Gasteiger partial charge is 1.00 e. The van der Waals surface area contributed by atoms with Gasteiger partial charge in [0.05, 0.1) is 13.2 Å². The number of unbranched alkanes of at least 4 members (excludes halogenated alkanes) is 8. The minimum absolute atomic E-state index is 0. The molecule has 0 radical (unpaired) electrons. The Hall–Kier alpha value is 0.830. The molecule has 0 aromatic heterocycles. The van der Waals surface area contributed by atoms with Crippen LogP contribution in [0.3, 0.4) is 0 Å². The summed E-state index contributed by atoms with van der Waals surface area (Å²) in [6.45, 7) is 6.82. The average molecular weight is 377 g/mol. The molecule has 0 aromatic rings. The Morgan fingerprint density at radius 3 is 1.54 bits per heavy atom. The van der Waals surface area contributed by atoms with Crippen LogP contribution in [0.1, 0.15) is 86.4 Å². The van der Waals surface area contributed by atoms with E-state index in [4.69, 9.17) is 14.0 Å². The van der Waals surface area contributed by atoms with Crippen molar-refractivity contribution >= 4 is 10.1 Å². The number of hydrogen-bond acceptors (Lipinski definition) is 4. The third-order valence-electron chi connectivity index (χ3n) is 3.76. The van der Waals surface area contributed by atoms with Crippen molar-refractivity contribution in [3.8, 4) is 0 Å². The number of ether oxygens (including phenoxy) is 2. The van der Waals surface area contributed by atoms with Crippen LogP contribution in [0.2, 0.25) is 0 Å². The number of hydrogen-bond donors (Lipinski definition) is 1. The van der Waals surface area contributed by atoms with Crippen molar-refractivity contribution in [2.45, 2.75) is 90.8 Å². The predicted octanol–water partition coefficient (Wildman–Crippen LogP) is 1.68. The summed E-state index contributed by atoms with van der Waals surface area (Å²) in [5, 5.41) is 0. The van der Waals surface area contributed by atoms with Gasteiger partial charge in [0.2, 0.25) is 0 Å². The molecule has 0 aliphatic heterocycles. The normalized spacial score (nSPS) is 12.2. The molecule has 0 amide bonds. The quantitative estimate of drug-likeness (QED) is 0.192. The molecule has 24 heavy (non-hydrogen) atoms. The second-order valence-electron chi connectivity index (χ2n) is 6.39. The molecule has 0 aliphatic carbocycles. The van der Waals surface area contributed by atoms with E-state index in [-0.39, 0.29) is 31.0 Å². The van der Waals surface area contributed by atoms with Crippen molar-refractivity contribution in [1.29, 1.82) is 0 Å². The molecule has 0 rings (SSSR count). The first-order valence-corrected chi connectivity index (χ1v) is 10.7. The van der Waals surface area contributed by atoms with Gasteiger partial charge in [0.25, 0.3) is 10.1 Å². The molecule has 0 fully saturated rings. The van der Waals surface area contributed by atoms with Crippen LogP contribution in [0.5, 0.6) is 0 Å². The van der Waals surface area contributed by atoms with E-state index in [1.807, 2.05) is 0 Å². The summed E-state index contributed by atoms with van der Waals surface area (Å²) in [6, 6.07) is 0. The summed E-state index contributed by atoms with van der Waals surface area (Å²) in [6.07, 6.45) is 11.0. The van der Waals surface area contributed by atoms with Crippen LogP contribution >= 0.6 is 0 Å². The van der Waals surface area contributed by atoms with Gasteiger partial charge in [-0.1, -0.05) is 65.2 Å². The van der Waals surface area contributed by atoms with E-state index in [9.17, 15) is 8.42 Å². The first-order valence-electron chi connectivity index (χ1n) is 9.06. The second kappa shape index (κ2) is 16.0. The zero-order valence-electron chi connectivity index (χ0n) is 17.2. The molecule has 142 valence electrons. The Morgan fingerprint density at radius 2 is 1.21 bits per heavy atom. The van der Waals surface area contributed by atoms with Crippen LogP contribution in [-0.4, -0.2) is 37.7 Å². The monoisotopic (exact) mass is 376 g/mol. The van der Waals surface area contributed by atoms with Crippen LogP contribution in [0.15, 0.2) is 0 Å². The van der Waals surface area contributed by atoms with E-state index in [0.29, 0.717) is 13.2 Å². The molecule has 0 unspecified atom stereocenters. The van der Waals surface area contributed by atoms with Gasteiger partial charge in [-0.05, 0) is 19.8 Å². The van der Waals surface area contributed by atoms with Crippen molar-refractivity contribution in [1.82, 2.24) is 0 Å². The molecular weight excluding hydrogens is 339 g/mol. The fourth-order valence-electron chi connectivity index (χ4n) is 2.44. The fourth-order valence-corrected chi connectivity index (χ4v) is 3.27. The second-order valence-corrected chi connectivity index (χ2v) is 7.84. The first kappa shape index (κ1) is 27.1. The molecule has 0 aromatic carbocycles. The molecule has 0 bridgehead atoms. The van der Waals surface area contributed by atoms with Gasteiger partial charge < -0.3 is 10.9 Å². The maximum atomic E-state index is 11.2. The van der Waals surface area contributed by atoms with Crippen LogP contribution in [0.4, 0.5) is 0 Å². The summed E-state index contributed by atoms with van der Waals surface area (Å²) < 4.78 is 42.8. The third-order valence-corrected chi connectivity index (χ3v) is 4.64. The maximum Gasteiger partial charge on any atom is 1.00 e. The molecule has 0 saturated carbocycles. The van der Waals surface area contributed by atoms with E-state index < -0.39 is 21.7 Å². The van der Waals surface area contributed by atoms with Crippen molar-refractivity contribution in [3.05, 3.63) is 0 Å². The van der Waals surface area contributed by atoms with Crippen LogP contribution in [-0.2, 0) is 19.6 Å². The molecule has 0 aliphatic rings. The number of rotatable bonds is 16. The third kappa shape index (κ3) is 17.6. The Labute approximate surface area is 172 Å². The summed E-state index contributed by atoms with van der Waals surface area (Å²) in [5.74, 6) is -1.78. The van der Waals surface area contributed by atoms with Gasteiger partial charge in [-0.3, -0.25) is 4.55 Å². The minimum Gasteiger partial charge on any atom is -1.00 e. The van der Waals surface area contributed by atoms with Gasteiger partial charge in [0.1, 0.15) is 5.75 Å². The summed E-state index contributed by atoms with van der Waals surface area (Å²) in [7, 11) is -4.13. The maximum absolute atomic E-state index is 11.2. The summed E-state index contributed by atoms with van der Waals surface area (Å²) in [4.78, 5) is 0. The van der Waals surface area contributed by atoms with Crippen LogP contribution < -0.4 is 29.6 Å². The van der Waals surface area contributed by atoms with E-state index in [2.05, 4.69) is 13.8 Å². The Morgan fingerprint density at radius 1 is 0.833 bits per heavy atom. The topological polar surface area (TPSA) is 72.8 Å². The van der Waals surface area contributed by atoms with Gasteiger partial charge in [0.15, 0.2) is 5.79 Å². The first-order chi connectivity index (χ1) is 10.8. The smallest absolute Gasteiger partial charge is 1.00 e. The van der Waals surface area contributed by atoms with Gasteiger partial charge >= 0.3 is 29.6 Å². The molecule has 1 N–H and O–H groups in total.